The van der Waals surface area contributed by atoms with Crippen LogP contribution in [-0.4, -0.2) is 85.4 Å². The number of nitrogens with one attached hydrogen (secondary N) is 4. The largest absolute Gasteiger partial charge is 0.383 e. The Bertz CT molecular complexity index is 1750. The summed E-state index contributed by atoms with van der Waals surface area (Å²) < 4.78 is 44.3. The maximum Gasteiger partial charge on any atom is 0.244 e. The number of nitrogens with zero attached hydrogens (tertiary/aromatic N) is 3. The van der Waals surface area contributed by atoms with Crippen molar-refractivity contribution in [2.45, 2.75) is 43.8 Å². The van der Waals surface area contributed by atoms with Crippen LogP contribution in [0.25, 0.3) is 22.2 Å². The van der Waals surface area contributed by atoms with Crippen LogP contribution in [0.5, 0.6) is 0 Å². The molecule has 4 aromatic rings. The number of carbonyl (C=O) groups excluding carboxylic acids is 1. The molecule has 4 N–H and O–H groups in total. The summed E-state index contributed by atoms with van der Waals surface area (Å²) in [7, 11) is -2.16. The van der Waals surface area contributed by atoms with Crippen molar-refractivity contribution in [3.63, 3.8) is 0 Å². The lowest BCUT2D eigenvalue weighted by molar-refractivity contribution is -0.124. The Labute approximate surface area is 250 Å². The lowest BCUT2D eigenvalue weighted by Gasteiger charge is -2.39. The number of H-pyrrole nitrogens is 1. The first kappa shape index (κ1) is 30.5. The zero-order valence-electron chi connectivity index (χ0n) is 24.7. The summed E-state index contributed by atoms with van der Waals surface area (Å²) in [5.74, 6) is -0.958. The topological polar surface area (TPSA) is 141 Å². The van der Waals surface area contributed by atoms with E-state index >= 15 is 0 Å². The fourth-order valence-electron chi connectivity index (χ4n) is 5.59. The minimum atomic E-state index is -3.76. The van der Waals surface area contributed by atoms with Gasteiger partial charge in [-0.1, -0.05) is 18.2 Å². The van der Waals surface area contributed by atoms with Gasteiger partial charge in [-0.15, -0.1) is 0 Å². The van der Waals surface area contributed by atoms with Gasteiger partial charge >= 0.3 is 0 Å². The van der Waals surface area contributed by atoms with Crippen molar-refractivity contribution < 1.29 is 22.3 Å². The Balaban J connectivity index is 1.43. The number of benzene rings is 2. The van der Waals surface area contributed by atoms with Gasteiger partial charge < -0.3 is 25.7 Å². The molecule has 0 bridgehead atoms. The van der Waals surface area contributed by atoms with E-state index in [1.165, 1.54) is 18.2 Å². The van der Waals surface area contributed by atoms with Crippen LogP contribution in [0, 0.1) is 12.7 Å². The number of ether oxygens (including phenoxy) is 1. The molecule has 13 heteroatoms. The minimum absolute atomic E-state index is 0.0551. The van der Waals surface area contributed by atoms with Crippen LogP contribution >= 0.6 is 0 Å². The maximum absolute atomic E-state index is 15.0. The van der Waals surface area contributed by atoms with Gasteiger partial charge in [0.1, 0.15) is 10.9 Å². The number of anilines is 3. The minimum Gasteiger partial charge on any atom is -0.383 e. The predicted octanol–water partition coefficient (Wildman–Crippen LogP) is 3.86. The number of hydrogen-bond acceptors (Lipinski definition) is 9. The van der Waals surface area contributed by atoms with Crippen LogP contribution in [0.2, 0.25) is 0 Å². The molecule has 1 aliphatic heterocycles. The Morgan fingerprint density at radius 1 is 1.16 bits per heavy atom. The van der Waals surface area contributed by atoms with E-state index in [0.717, 1.165) is 41.4 Å². The molecule has 0 radical (unpaired) electrons. The van der Waals surface area contributed by atoms with Crippen molar-refractivity contribution in [2.75, 3.05) is 43.7 Å². The second-order valence-corrected chi connectivity index (χ2v) is 13.0. The Kier molecular flexibility index (Phi) is 8.79. The van der Waals surface area contributed by atoms with Crippen LogP contribution in [0.15, 0.2) is 53.7 Å². The molecular weight excluding hydrogens is 573 g/mol. The van der Waals surface area contributed by atoms with Crippen LogP contribution in [0.1, 0.15) is 19.4 Å². The summed E-state index contributed by atoms with van der Waals surface area (Å²) in [6.45, 7) is 7.79. The van der Waals surface area contributed by atoms with Crippen molar-refractivity contribution in [1.82, 2.24) is 25.2 Å². The zero-order valence-corrected chi connectivity index (χ0v) is 25.5. The lowest BCUT2D eigenvalue weighted by Crippen LogP contribution is -2.60. The van der Waals surface area contributed by atoms with Crippen molar-refractivity contribution in [2.24, 2.45) is 0 Å². The van der Waals surface area contributed by atoms with Crippen LogP contribution in [0.4, 0.5) is 21.7 Å². The van der Waals surface area contributed by atoms with Gasteiger partial charge in [0.15, 0.2) is 15.7 Å². The zero-order chi connectivity index (χ0) is 30.9. The number of halogens is 1. The Hall–Kier alpha value is -3.91. The molecule has 3 atom stereocenters. The van der Waals surface area contributed by atoms with E-state index in [2.05, 4.69) is 49.6 Å². The van der Waals surface area contributed by atoms with Gasteiger partial charge in [0.25, 0.3) is 0 Å². The van der Waals surface area contributed by atoms with Gasteiger partial charge in [0.2, 0.25) is 11.9 Å². The summed E-state index contributed by atoms with van der Waals surface area (Å²) >= 11 is 0. The van der Waals surface area contributed by atoms with Gasteiger partial charge in [-0.25, -0.2) is 22.8 Å². The smallest absolute Gasteiger partial charge is 0.244 e. The molecule has 0 saturated carbocycles. The molecule has 5 rings (SSSR count). The molecule has 0 aliphatic carbocycles. The third kappa shape index (κ3) is 6.54. The van der Waals surface area contributed by atoms with Crippen molar-refractivity contribution >= 4 is 44.0 Å². The van der Waals surface area contributed by atoms with Gasteiger partial charge in [0, 0.05) is 61.9 Å². The number of methoxy groups -OCH3 is 1. The number of aryl methyl sites for hydroxylation is 1. The highest BCUT2D eigenvalue weighted by atomic mass is 32.2. The highest BCUT2D eigenvalue weighted by molar-refractivity contribution is 7.90. The fraction of sp³-hybridized carbons (Fsp3) is 0.367. The summed E-state index contributed by atoms with van der Waals surface area (Å²) in [6, 6.07) is 9.75. The normalized spacial score (nSPS) is 18.5. The SMILES string of the molecule is COC[C@H](C(=O)Nc1cccc2c(-c3nc(Nc4cccc(S(C)(=O)=O)c4F)ncc3C)c[nH]c12)N1C[C@@H](C)N[C@H](C)C1. The molecule has 2 aromatic carbocycles. The van der Waals surface area contributed by atoms with Crippen molar-refractivity contribution in [1.29, 1.82) is 0 Å². The van der Waals surface area contributed by atoms with Crippen LogP contribution < -0.4 is 16.0 Å². The molecule has 43 heavy (non-hydrogen) atoms. The summed E-state index contributed by atoms with van der Waals surface area (Å²) in [5.41, 5.74) is 3.42. The average molecular weight is 610 g/mol. The van der Waals surface area contributed by atoms with Crippen molar-refractivity contribution in [3.8, 4) is 11.3 Å². The molecule has 1 amide bonds. The number of carbonyl (C=O) groups is 1. The molecule has 0 spiro atoms. The maximum atomic E-state index is 15.0. The average Bonchev–Trinajstić information content (AvgIpc) is 3.37. The van der Waals surface area contributed by atoms with Crippen LogP contribution in [-0.2, 0) is 19.4 Å². The molecule has 1 fully saturated rings. The predicted molar refractivity (Wildman–Crippen MR) is 165 cm³/mol. The fourth-order valence-corrected chi connectivity index (χ4v) is 6.35. The highest BCUT2D eigenvalue weighted by Crippen LogP contribution is 2.34. The van der Waals surface area contributed by atoms with Gasteiger partial charge in [0.05, 0.1) is 29.2 Å². The molecule has 1 aliphatic rings. The van der Waals surface area contributed by atoms with E-state index in [1.807, 2.05) is 25.1 Å². The first-order chi connectivity index (χ1) is 20.5. The van der Waals surface area contributed by atoms with E-state index in [0.29, 0.717) is 11.4 Å². The summed E-state index contributed by atoms with van der Waals surface area (Å²) in [4.78, 5) is 27.5. The number of hydrogen-bond donors (Lipinski definition) is 4. The third-order valence-electron chi connectivity index (χ3n) is 7.46. The van der Waals surface area contributed by atoms with E-state index in [-0.39, 0.29) is 36.2 Å². The van der Waals surface area contributed by atoms with Crippen LogP contribution in [0.3, 0.4) is 0 Å². The van der Waals surface area contributed by atoms with Gasteiger partial charge in [-0.2, -0.15) is 0 Å². The van der Waals surface area contributed by atoms with Crippen molar-refractivity contribution in [3.05, 3.63) is 60.2 Å². The number of amides is 1. The number of para-hydroxylation sites is 1. The monoisotopic (exact) mass is 609 g/mol. The molecular formula is C30H36FN7O4S. The second kappa shape index (κ2) is 12.4. The standard InChI is InChI=1S/C30H36FN7O4S/c1-17-12-33-30(36-22-9-7-11-25(26(22)31)43(5,40)41)37-27(17)21-13-32-28-20(21)8-6-10-23(28)35-29(39)24(16-42-4)38-14-18(2)34-19(3)15-38/h6-13,18-19,24,32,34H,14-16H2,1-5H3,(H,35,39)(H,33,36,37)/t18-,19-,24-/m1/s1. The van der Waals surface area contributed by atoms with Gasteiger partial charge in [-0.05, 0) is 44.5 Å². The van der Waals surface area contributed by atoms with Gasteiger partial charge in [-0.3, -0.25) is 9.69 Å². The van der Waals surface area contributed by atoms with E-state index in [4.69, 9.17) is 4.74 Å². The Morgan fingerprint density at radius 2 is 1.86 bits per heavy atom. The molecule has 11 nitrogen and oxygen atoms in total. The summed E-state index contributed by atoms with van der Waals surface area (Å²) in [6.07, 6.45) is 4.36. The quantitative estimate of drug-likeness (QED) is 0.223. The number of sulfone groups is 1. The molecule has 3 heterocycles. The third-order valence-corrected chi connectivity index (χ3v) is 8.58. The first-order valence-electron chi connectivity index (χ1n) is 14.0. The van der Waals surface area contributed by atoms with E-state index < -0.39 is 26.6 Å². The Morgan fingerprint density at radius 3 is 2.56 bits per heavy atom. The number of piperazine rings is 1. The first-order valence-corrected chi connectivity index (χ1v) is 15.8. The number of aromatic nitrogens is 3. The second-order valence-electron chi connectivity index (χ2n) is 11.1. The lowest BCUT2D eigenvalue weighted by atomic mass is 10.1. The molecule has 1 saturated heterocycles. The number of fused-ring (bicyclic) bond motifs is 1. The van der Waals surface area contributed by atoms with E-state index in [9.17, 15) is 17.6 Å². The molecule has 2 aromatic heterocycles. The number of aromatic amines is 1. The summed E-state index contributed by atoms with van der Waals surface area (Å²) in [5, 5.41) is 10.2. The molecule has 228 valence electrons. The van der Waals surface area contributed by atoms with E-state index in [1.54, 1.807) is 19.5 Å². The number of rotatable bonds is 9. The molecule has 0 unspecified atom stereocenters. The highest BCUT2D eigenvalue weighted by Gasteiger charge is 2.32.